The molecular formula is C25H26ClN2O2-. The maximum atomic E-state index is 13.0. The first-order chi connectivity index (χ1) is 14.3. The van der Waals surface area contributed by atoms with Gasteiger partial charge in [0.2, 0.25) is 0 Å². The molecule has 156 valence electrons. The summed E-state index contributed by atoms with van der Waals surface area (Å²) < 4.78 is 5.37. The van der Waals surface area contributed by atoms with E-state index in [0.717, 1.165) is 13.1 Å². The van der Waals surface area contributed by atoms with Gasteiger partial charge in [0.05, 0.1) is 18.7 Å². The molecule has 0 unspecified atom stereocenters. The van der Waals surface area contributed by atoms with Crippen molar-refractivity contribution in [3.8, 4) is 5.75 Å². The average molecular weight is 422 g/mol. The number of hydrogen-bond acceptors (Lipinski definition) is 3. The minimum Gasteiger partial charge on any atom is -1.00 e. The van der Waals surface area contributed by atoms with Crippen molar-refractivity contribution in [3.05, 3.63) is 102 Å². The Hall–Kier alpha value is -2.82. The molecular weight excluding hydrogens is 396 g/mol. The summed E-state index contributed by atoms with van der Waals surface area (Å²) in [7, 11) is 1.61. The number of rotatable bonds is 5. The van der Waals surface area contributed by atoms with Crippen molar-refractivity contribution in [3.63, 3.8) is 0 Å². The van der Waals surface area contributed by atoms with Crippen LogP contribution >= 0.6 is 0 Å². The Balaban J connectivity index is 0.00000256. The van der Waals surface area contributed by atoms with Crippen LogP contribution in [0.2, 0.25) is 0 Å². The molecule has 0 atom stereocenters. The first-order valence-corrected chi connectivity index (χ1v) is 10.0. The zero-order valence-corrected chi connectivity index (χ0v) is 17.8. The van der Waals surface area contributed by atoms with Crippen LogP contribution in [0.15, 0.2) is 84.9 Å². The van der Waals surface area contributed by atoms with Crippen LogP contribution in [0.25, 0.3) is 0 Å². The summed E-state index contributed by atoms with van der Waals surface area (Å²) in [4.78, 5) is 17.4. The van der Waals surface area contributed by atoms with Crippen LogP contribution in [0.5, 0.6) is 5.75 Å². The summed E-state index contributed by atoms with van der Waals surface area (Å²) in [6, 6.07) is 28.8. The Morgan fingerprint density at radius 3 is 1.80 bits per heavy atom. The molecule has 5 heteroatoms. The van der Waals surface area contributed by atoms with Gasteiger partial charge < -0.3 is 22.0 Å². The zero-order valence-electron chi connectivity index (χ0n) is 17.1. The van der Waals surface area contributed by atoms with Crippen molar-refractivity contribution in [2.75, 3.05) is 33.3 Å². The highest BCUT2D eigenvalue weighted by Gasteiger charge is 2.29. The van der Waals surface area contributed by atoms with E-state index in [2.05, 4.69) is 65.6 Å². The van der Waals surface area contributed by atoms with Crippen LogP contribution in [-0.2, 0) is 0 Å². The summed E-state index contributed by atoms with van der Waals surface area (Å²) in [6.45, 7) is 3.06. The molecule has 0 aliphatic carbocycles. The Kier molecular flexibility index (Phi) is 7.50. The van der Waals surface area contributed by atoms with Gasteiger partial charge in [-0.05, 0) is 23.3 Å². The molecule has 1 amide bonds. The van der Waals surface area contributed by atoms with E-state index in [1.807, 2.05) is 29.2 Å². The van der Waals surface area contributed by atoms with Gasteiger partial charge in [-0.2, -0.15) is 0 Å². The minimum absolute atomic E-state index is 0. The number of ether oxygens (including phenoxy) is 1. The molecule has 1 fully saturated rings. The van der Waals surface area contributed by atoms with E-state index in [1.165, 1.54) is 11.1 Å². The number of halogens is 1. The lowest BCUT2D eigenvalue weighted by molar-refractivity contribution is -0.0000173. The molecule has 30 heavy (non-hydrogen) atoms. The maximum Gasteiger partial charge on any atom is 0.257 e. The number of piperazine rings is 1. The monoisotopic (exact) mass is 421 g/mol. The highest BCUT2D eigenvalue weighted by atomic mass is 35.5. The summed E-state index contributed by atoms with van der Waals surface area (Å²) in [6.07, 6.45) is 0. The van der Waals surface area contributed by atoms with Crippen LogP contribution in [-0.4, -0.2) is 49.0 Å². The Morgan fingerprint density at radius 1 is 0.767 bits per heavy atom. The van der Waals surface area contributed by atoms with Crippen molar-refractivity contribution < 1.29 is 21.9 Å². The second kappa shape index (κ2) is 10.3. The molecule has 1 aliphatic heterocycles. The number of carbonyl (C=O) groups is 1. The lowest BCUT2D eigenvalue weighted by atomic mass is 9.96. The molecule has 3 aromatic carbocycles. The molecule has 0 aromatic heterocycles. The number of amides is 1. The van der Waals surface area contributed by atoms with Crippen molar-refractivity contribution in [1.82, 2.24) is 9.80 Å². The smallest absolute Gasteiger partial charge is 0.257 e. The van der Waals surface area contributed by atoms with Crippen LogP contribution in [0.3, 0.4) is 0 Å². The van der Waals surface area contributed by atoms with E-state index in [4.69, 9.17) is 4.74 Å². The molecule has 1 heterocycles. The Morgan fingerprint density at radius 2 is 1.27 bits per heavy atom. The SMILES string of the molecule is COc1ccccc1C(=O)N1CCN(C(c2ccccc2)c2ccccc2)CC1.[Cl-]. The van der Waals surface area contributed by atoms with Gasteiger partial charge in [-0.15, -0.1) is 0 Å². The van der Waals surface area contributed by atoms with Crippen molar-refractivity contribution in [2.45, 2.75) is 6.04 Å². The van der Waals surface area contributed by atoms with E-state index in [1.54, 1.807) is 7.11 Å². The molecule has 4 rings (SSSR count). The topological polar surface area (TPSA) is 32.8 Å². The van der Waals surface area contributed by atoms with E-state index >= 15 is 0 Å². The number of methoxy groups -OCH3 is 1. The summed E-state index contributed by atoms with van der Waals surface area (Å²) in [5.41, 5.74) is 3.19. The van der Waals surface area contributed by atoms with E-state index < -0.39 is 0 Å². The minimum atomic E-state index is 0. The standard InChI is InChI=1S/C25H26N2O2.ClH/c1-29-23-15-9-8-14-22(23)25(28)27-18-16-26(17-19-27)24(20-10-4-2-5-11-20)21-12-6-3-7-13-21;/h2-15,24H,16-19H2,1H3;1H/p-1. The van der Waals surface area contributed by atoms with Crippen molar-refractivity contribution >= 4 is 5.91 Å². The molecule has 0 N–H and O–H groups in total. The van der Waals surface area contributed by atoms with Crippen LogP contribution in [0, 0.1) is 0 Å². The third-order valence-corrected chi connectivity index (χ3v) is 5.53. The molecule has 4 nitrogen and oxygen atoms in total. The maximum absolute atomic E-state index is 13.0. The van der Waals surface area contributed by atoms with E-state index in [0.29, 0.717) is 24.4 Å². The van der Waals surface area contributed by atoms with Crippen molar-refractivity contribution in [1.29, 1.82) is 0 Å². The van der Waals surface area contributed by atoms with Gasteiger partial charge in [0.15, 0.2) is 0 Å². The number of hydrogen-bond donors (Lipinski definition) is 0. The number of para-hydroxylation sites is 1. The lowest BCUT2D eigenvalue weighted by Crippen LogP contribution is -3.00. The second-order valence-electron chi connectivity index (χ2n) is 7.25. The summed E-state index contributed by atoms with van der Waals surface area (Å²) in [5, 5.41) is 0. The molecule has 1 saturated heterocycles. The van der Waals surface area contributed by atoms with Gasteiger partial charge >= 0.3 is 0 Å². The zero-order chi connectivity index (χ0) is 20.1. The summed E-state index contributed by atoms with van der Waals surface area (Å²) >= 11 is 0. The van der Waals surface area contributed by atoms with Gasteiger partial charge in [-0.3, -0.25) is 9.69 Å². The third kappa shape index (κ3) is 4.66. The first-order valence-electron chi connectivity index (χ1n) is 10.0. The predicted molar refractivity (Wildman–Crippen MR) is 115 cm³/mol. The molecule has 0 spiro atoms. The van der Waals surface area contributed by atoms with Crippen molar-refractivity contribution in [2.24, 2.45) is 0 Å². The second-order valence-corrected chi connectivity index (χ2v) is 7.25. The van der Waals surface area contributed by atoms with Gasteiger partial charge in [-0.25, -0.2) is 0 Å². The Bertz CT molecular complexity index is 902. The number of carbonyl (C=O) groups excluding carboxylic acids is 1. The fraction of sp³-hybridized carbons (Fsp3) is 0.240. The lowest BCUT2D eigenvalue weighted by Gasteiger charge is -2.40. The molecule has 0 saturated carbocycles. The average Bonchev–Trinajstić information content (AvgIpc) is 2.81. The Labute approximate surface area is 184 Å². The van der Waals surface area contributed by atoms with Crippen LogP contribution in [0.4, 0.5) is 0 Å². The molecule has 0 bridgehead atoms. The van der Waals surface area contributed by atoms with Gasteiger partial charge in [-0.1, -0.05) is 72.8 Å². The fourth-order valence-corrected chi connectivity index (χ4v) is 4.06. The number of nitrogens with zero attached hydrogens (tertiary/aromatic N) is 2. The third-order valence-electron chi connectivity index (χ3n) is 5.53. The first kappa shape index (κ1) is 21.9. The van der Waals surface area contributed by atoms with Crippen LogP contribution in [0.1, 0.15) is 27.5 Å². The predicted octanol–water partition coefficient (Wildman–Crippen LogP) is 1.25. The molecule has 1 aliphatic rings. The van der Waals surface area contributed by atoms with Gasteiger partial charge in [0.25, 0.3) is 5.91 Å². The van der Waals surface area contributed by atoms with Gasteiger partial charge in [0, 0.05) is 26.2 Å². The quantitative estimate of drug-likeness (QED) is 0.621. The fourth-order valence-electron chi connectivity index (χ4n) is 4.06. The summed E-state index contributed by atoms with van der Waals surface area (Å²) in [5.74, 6) is 0.671. The van der Waals surface area contributed by atoms with Gasteiger partial charge in [0.1, 0.15) is 5.75 Å². The largest absolute Gasteiger partial charge is 1.00 e. The highest BCUT2D eigenvalue weighted by molar-refractivity contribution is 5.97. The number of benzene rings is 3. The van der Waals surface area contributed by atoms with E-state index in [-0.39, 0.29) is 24.4 Å². The highest BCUT2D eigenvalue weighted by Crippen LogP contribution is 2.30. The molecule has 0 radical (unpaired) electrons. The van der Waals surface area contributed by atoms with E-state index in [9.17, 15) is 4.79 Å². The molecule has 3 aromatic rings. The van der Waals surface area contributed by atoms with Crippen LogP contribution < -0.4 is 17.1 Å². The normalized spacial score (nSPS) is 14.3.